The molecule has 0 aliphatic carbocycles. The zero-order valence-corrected chi connectivity index (χ0v) is 15.5. The van der Waals surface area contributed by atoms with Gasteiger partial charge in [-0.15, -0.1) is 0 Å². The normalized spacial score (nSPS) is 17.2. The molecule has 0 saturated carbocycles. The van der Waals surface area contributed by atoms with Crippen LogP contribution in [-0.4, -0.2) is 21.6 Å². The van der Waals surface area contributed by atoms with Crippen LogP contribution in [0, 0.1) is 0 Å². The smallest absolute Gasteiger partial charge is 0.411 e. The molecule has 1 aliphatic rings. The van der Waals surface area contributed by atoms with E-state index in [1.807, 2.05) is 49.9 Å². The van der Waals surface area contributed by atoms with Gasteiger partial charge in [-0.1, -0.05) is 48.5 Å². The van der Waals surface area contributed by atoms with E-state index in [1.54, 1.807) is 0 Å². The Kier molecular flexibility index (Phi) is 3.98. The van der Waals surface area contributed by atoms with Crippen LogP contribution in [-0.2, 0) is 17.7 Å². The van der Waals surface area contributed by atoms with Gasteiger partial charge in [0.25, 0.3) is 0 Å². The van der Waals surface area contributed by atoms with Gasteiger partial charge in [-0.25, -0.2) is 4.79 Å². The van der Waals surface area contributed by atoms with E-state index in [2.05, 4.69) is 35.3 Å². The second-order valence-corrected chi connectivity index (χ2v) is 7.87. The summed E-state index contributed by atoms with van der Waals surface area (Å²) in [4.78, 5) is 18.2. The number of aromatic nitrogens is 1. The summed E-state index contributed by atoms with van der Waals surface area (Å²) < 4.78 is 5.69. The molecule has 0 saturated heterocycles. The molecule has 4 rings (SSSR count). The number of fused-ring (bicyclic) bond motifs is 3. The van der Waals surface area contributed by atoms with E-state index < -0.39 is 5.60 Å². The van der Waals surface area contributed by atoms with Crippen LogP contribution in [0.15, 0.2) is 54.6 Å². The minimum absolute atomic E-state index is 0.0299. The van der Waals surface area contributed by atoms with Gasteiger partial charge >= 0.3 is 6.09 Å². The number of H-pyrrole nitrogens is 1. The average Bonchev–Trinajstić information content (AvgIpc) is 2.97. The Morgan fingerprint density at radius 1 is 1.08 bits per heavy atom. The molecule has 3 aromatic rings. The van der Waals surface area contributed by atoms with Crippen molar-refractivity contribution in [2.45, 2.75) is 45.4 Å². The second-order valence-electron chi connectivity index (χ2n) is 7.87. The molecule has 1 amide bonds. The van der Waals surface area contributed by atoms with Crippen LogP contribution in [0.3, 0.4) is 0 Å². The van der Waals surface area contributed by atoms with Crippen LogP contribution in [0.5, 0.6) is 0 Å². The van der Waals surface area contributed by atoms with Crippen molar-refractivity contribution >= 4 is 17.0 Å². The largest absolute Gasteiger partial charge is 0.444 e. The van der Waals surface area contributed by atoms with Gasteiger partial charge in [-0.2, -0.15) is 0 Å². The Bertz CT molecular complexity index is 938. The van der Waals surface area contributed by atoms with Crippen molar-refractivity contribution in [1.29, 1.82) is 0 Å². The topological polar surface area (TPSA) is 45.3 Å². The summed E-state index contributed by atoms with van der Waals surface area (Å²) in [6.45, 7) is 6.24. The lowest BCUT2D eigenvalue weighted by atomic mass is 9.92. The van der Waals surface area contributed by atoms with Crippen molar-refractivity contribution in [3.8, 4) is 0 Å². The van der Waals surface area contributed by atoms with Gasteiger partial charge in [0.1, 0.15) is 5.60 Å². The highest BCUT2D eigenvalue weighted by atomic mass is 16.6. The number of aromatic amines is 1. The third-order valence-electron chi connectivity index (χ3n) is 4.82. The maximum atomic E-state index is 12.9. The number of rotatable bonds is 1. The zero-order valence-electron chi connectivity index (χ0n) is 15.5. The lowest BCUT2D eigenvalue weighted by molar-refractivity contribution is 0.0113. The molecule has 1 unspecified atom stereocenters. The first-order valence-electron chi connectivity index (χ1n) is 9.05. The number of carbonyl (C=O) groups is 1. The molecule has 0 fully saturated rings. The molecule has 4 heteroatoms. The van der Waals surface area contributed by atoms with E-state index in [9.17, 15) is 4.79 Å². The van der Waals surface area contributed by atoms with Gasteiger partial charge in [0.15, 0.2) is 0 Å². The van der Waals surface area contributed by atoms with E-state index in [0.717, 1.165) is 23.2 Å². The molecular weight excluding hydrogens is 324 g/mol. The molecule has 1 N–H and O–H groups in total. The van der Waals surface area contributed by atoms with Crippen molar-refractivity contribution in [3.63, 3.8) is 0 Å². The number of carbonyl (C=O) groups excluding carboxylic acids is 1. The summed E-state index contributed by atoms with van der Waals surface area (Å²) in [5.74, 6) is 0. The molecule has 0 bridgehead atoms. The van der Waals surface area contributed by atoms with Gasteiger partial charge < -0.3 is 9.72 Å². The Labute approximate surface area is 153 Å². The van der Waals surface area contributed by atoms with Gasteiger partial charge in [-0.05, 0) is 44.4 Å². The highest BCUT2D eigenvalue weighted by Crippen LogP contribution is 2.37. The van der Waals surface area contributed by atoms with Crippen LogP contribution >= 0.6 is 0 Å². The number of hydrogen-bond acceptors (Lipinski definition) is 2. The number of para-hydroxylation sites is 1. The molecule has 0 spiro atoms. The summed E-state index contributed by atoms with van der Waals surface area (Å²) >= 11 is 0. The van der Waals surface area contributed by atoms with Gasteiger partial charge in [-0.3, -0.25) is 4.90 Å². The lowest BCUT2D eigenvalue weighted by Crippen LogP contribution is -2.42. The maximum absolute atomic E-state index is 12.9. The molecule has 1 aromatic heterocycles. The number of hydrogen-bond donors (Lipinski definition) is 1. The Hall–Kier alpha value is -2.75. The van der Waals surface area contributed by atoms with E-state index in [4.69, 9.17) is 4.74 Å². The molecule has 1 atom stereocenters. The van der Waals surface area contributed by atoms with Crippen LogP contribution in [0.4, 0.5) is 4.79 Å². The predicted molar refractivity (Wildman–Crippen MR) is 103 cm³/mol. The zero-order chi connectivity index (χ0) is 18.3. The minimum Gasteiger partial charge on any atom is -0.444 e. The molecule has 4 nitrogen and oxygen atoms in total. The predicted octanol–water partition coefficient (Wildman–Crippen LogP) is 5.20. The molecule has 2 heterocycles. The number of ether oxygens (including phenoxy) is 1. The highest BCUT2D eigenvalue weighted by Gasteiger charge is 2.35. The first kappa shape index (κ1) is 16.7. The first-order chi connectivity index (χ1) is 12.4. The van der Waals surface area contributed by atoms with E-state index in [0.29, 0.717) is 6.54 Å². The van der Waals surface area contributed by atoms with Crippen LogP contribution in [0.2, 0.25) is 0 Å². The molecule has 2 aromatic carbocycles. The number of nitrogens with one attached hydrogen (secondary N) is 1. The van der Waals surface area contributed by atoms with Gasteiger partial charge in [0, 0.05) is 16.6 Å². The SMILES string of the molecule is CC(C)(C)OC(=O)N1Cc2[nH]c3ccccc3c2CC1c1ccccc1. The van der Waals surface area contributed by atoms with Crippen molar-refractivity contribution in [3.05, 3.63) is 71.4 Å². The Balaban J connectivity index is 1.77. The van der Waals surface area contributed by atoms with E-state index in [1.165, 1.54) is 10.9 Å². The summed E-state index contributed by atoms with van der Waals surface area (Å²) in [5, 5.41) is 1.24. The quantitative estimate of drug-likeness (QED) is 0.657. The fraction of sp³-hybridized carbons (Fsp3) is 0.318. The van der Waals surface area contributed by atoms with E-state index in [-0.39, 0.29) is 12.1 Å². The van der Waals surface area contributed by atoms with Crippen LogP contribution in [0.25, 0.3) is 10.9 Å². The Morgan fingerprint density at radius 2 is 1.77 bits per heavy atom. The van der Waals surface area contributed by atoms with Crippen molar-refractivity contribution in [2.75, 3.05) is 0 Å². The maximum Gasteiger partial charge on any atom is 0.411 e. The standard InChI is InChI=1S/C22H24N2O2/c1-22(2,3)26-21(25)24-14-19-17(16-11-7-8-12-18(16)23-19)13-20(24)15-9-5-4-6-10-15/h4-12,20,23H,13-14H2,1-3H3. The van der Waals surface area contributed by atoms with Crippen molar-refractivity contribution < 1.29 is 9.53 Å². The molecule has 0 radical (unpaired) electrons. The fourth-order valence-electron chi connectivity index (χ4n) is 3.69. The molecular formula is C22H24N2O2. The van der Waals surface area contributed by atoms with Crippen molar-refractivity contribution in [2.24, 2.45) is 0 Å². The van der Waals surface area contributed by atoms with Gasteiger partial charge in [0.2, 0.25) is 0 Å². The van der Waals surface area contributed by atoms with Crippen LogP contribution < -0.4 is 0 Å². The summed E-state index contributed by atoms with van der Waals surface area (Å²) in [6.07, 6.45) is 0.512. The Morgan fingerprint density at radius 3 is 2.50 bits per heavy atom. The average molecular weight is 348 g/mol. The third kappa shape index (κ3) is 3.07. The fourth-order valence-corrected chi connectivity index (χ4v) is 3.69. The van der Waals surface area contributed by atoms with E-state index >= 15 is 0 Å². The van der Waals surface area contributed by atoms with Crippen molar-refractivity contribution in [1.82, 2.24) is 9.88 Å². The lowest BCUT2D eigenvalue weighted by Gasteiger charge is -2.37. The number of nitrogens with zero attached hydrogens (tertiary/aromatic N) is 1. The third-order valence-corrected chi connectivity index (χ3v) is 4.82. The molecule has 1 aliphatic heterocycles. The van der Waals surface area contributed by atoms with Crippen LogP contribution in [0.1, 0.15) is 43.6 Å². The summed E-state index contributed by atoms with van der Waals surface area (Å²) in [7, 11) is 0. The minimum atomic E-state index is -0.515. The number of benzene rings is 2. The van der Waals surface area contributed by atoms with Gasteiger partial charge in [0.05, 0.1) is 12.6 Å². The summed E-state index contributed by atoms with van der Waals surface area (Å²) in [6, 6.07) is 18.5. The molecule has 134 valence electrons. The first-order valence-corrected chi connectivity index (χ1v) is 9.05. The highest BCUT2D eigenvalue weighted by molar-refractivity contribution is 5.85. The molecule has 26 heavy (non-hydrogen) atoms. The second kappa shape index (κ2) is 6.20. The monoisotopic (exact) mass is 348 g/mol. The number of amides is 1. The summed E-state index contributed by atoms with van der Waals surface area (Å²) in [5.41, 5.74) is 4.14.